The SMILES string of the molecule is CC(C)N(NC(=O)OC(C)(C)C)C(=O)c1cc(Cl)cc(Cl)c1. The minimum Gasteiger partial charge on any atom is -0.443 e. The van der Waals surface area contributed by atoms with Crippen LogP contribution >= 0.6 is 23.2 Å². The minimum absolute atomic E-state index is 0.280. The van der Waals surface area contributed by atoms with E-state index in [1.54, 1.807) is 34.6 Å². The molecule has 0 saturated carbocycles. The van der Waals surface area contributed by atoms with Crippen molar-refractivity contribution in [3.8, 4) is 0 Å². The molecule has 0 bridgehead atoms. The summed E-state index contributed by atoms with van der Waals surface area (Å²) in [5.41, 5.74) is 2.07. The molecule has 0 radical (unpaired) electrons. The van der Waals surface area contributed by atoms with Crippen LogP contribution in [0.2, 0.25) is 10.0 Å². The molecule has 2 amide bonds. The van der Waals surface area contributed by atoms with Crippen molar-refractivity contribution in [2.45, 2.75) is 46.3 Å². The van der Waals surface area contributed by atoms with E-state index < -0.39 is 17.6 Å². The van der Waals surface area contributed by atoms with Gasteiger partial charge in [0.05, 0.1) is 0 Å². The molecule has 0 fully saturated rings. The molecule has 0 saturated heterocycles. The van der Waals surface area contributed by atoms with Crippen molar-refractivity contribution < 1.29 is 14.3 Å². The molecule has 1 N–H and O–H groups in total. The van der Waals surface area contributed by atoms with Gasteiger partial charge in [0.2, 0.25) is 0 Å². The zero-order valence-electron chi connectivity index (χ0n) is 13.2. The Morgan fingerprint density at radius 1 is 1.14 bits per heavy atom. The molecule has 7 heteroatoms. The van der Waals surface area contributed by atoms with Crippen LogP contribution in [0.5, 0.6) is 0 Å². The molecule has 1 aromatic rings. The van der Waals surface area contributed by atoms with Crippen molar-refractivity contribution in [3.05, 3.63) is 33.8 Å². The van der Waals surface area contributed by atoms with Gasteiger partial charge in [0.1, 0.15) is 5.60 Å². The highest BCUT2D eigenvalue weighted by molar-refractivity contribution is 6.35. The zero-order chi connectivity index (χ0) is 17.1. The van der Waals surface area contributed by atoms with E-state index >= 15 is 0 Å². The molecule has 0 spiro atoms. The standard InChI is InChI=1S/C15H20Cl2N2O3/c1-9(2)19(18-14(21)22-15(3,4)5)13(20)10-6-11(16)8-12(17)7-10/h6-9H,1-5H3,(H,18,21). The molecule has 0 aliphatic carbocycles. The molecule has 0 aromatic heterocycles. The van der Waals surface area contributed by atoms with Crippen molar-refractivity contribution in [2.75, 3.05) is 0 Å². The first-order chi connectivity index (χ1) is 9.99. The number of hydrogen-bond acceptors (Lipinski definition) is 3. The van der Waals surface area contributed by atoms with E-state index in [0.29, 0.717) is 10.0 Å². The summed E-state index contributed by atoms with van der Waals surface area (Å²) < 4.78 is 5.16. The van der Waals surface area contributed by atoms with Crippen LogP contribution in [0.25, 0.3) is 0 Å². The molecule has 0 atom stereocenters. The molecule has 122 valence electrons. The van der Waals surface area contributed by atoms with Crippen LogP contribution in [0.1, 0.15) is 45.0 Å². The van der Waals surface area contributed by atoms with Crippen LogP contribution in [-0.4, -0.2) is 28.7 Å². The lowest BCUT2D eigenvalue weighted by Crippen LogP contribution is -2.51. The number of rotatable bonds is 2. The van der Waals surface area contributed by atoms with Gasteiger partial charge >= 0.3 is 6.09 Å². The van der Waals surface area contributed by atoms with Gasteiger partial charge in [-0.3, -0.25) is 4.79 Å². The first-order valence-electron chi connectivity index (χ1n) is 6.79. The Bertz CT molecular complexity index is 548. The second-order valence-electron chi connectivity index (χ2n) is 6.04. The summed E-state index contributed by atoms with van der Waals surface area (Å²) in [6.07, 6.45) is -0.706. The lowest BCUT2D eigenvalue weighted by atomic mass is 10.2. The van der Waals surface area contributed by atoms with Gasteiger partial charge in [0.25, 0.3) is 5.91 Å². The first kappa shape index (κ1) is 18.6. The Balaban J connectivity index is 2.95. The average Bonchev–Trinajstić information content (AvgIpc) is 2.31. The van der Waals surface area contributed by atoms with Gasteiger partial charge in [0, 0.05) is 21.7 Å². The fourth-order valence-corrected chi connectivity index (χ4v) is 2.16. The summed E-state index contributed by atoms with van der Waals surface area (Å²) in [5, 5.41) is 1.87. The Morgan fingerprint density at radius 3 is 2.05 bits per heavy atom. The number of carbonyl (C=O) groups excluding carboxylic acids is 2. The van der Waals surface area contributed by atoms with Crippen LogP contribution in [0.3, 0.4) is 0 Å². The van der Waals surface area contributed by atoms with E-state index in [-0.39, 0.29) is 11.6 Å². The lowest BCUT2D eigenvalue weighted by molar-refractivity contribution is 0.0242. The Morgan fingerprint density at radius 2 is 1.64 bits per heavy atom. The number of halogens is 2. The number of hydrogen-bond donors (Lipinski definition) is 1. The van der Waals surface area contributed by atoms with Gasteiger partial charge in [0.15, 0.2) is 0 Å². The van der Waals surface area contributed by atoms with E-state index in [9.17, 15) is 9.59 Å². The number of amides is 2. The number of nitrogens with zero attached hydrogens (tertiary/aromatic N) is 1. The summed E-state index contributed by atoms with van der Waals surface area (Å²) in [5.74, 6) is -0.426. The maximum absolute atomic E-state index is 12.5. The van der Waals surface area contributed by atoms with Crippen LogP contribution in [0.4, 0.5) is 4.79 Å². The Hall–Kier alpha value is -1.46. The van der Waals surface area contributed by atoms with E-state index in [4.69, 9.17) is 27.9 Å². The highest BCUT2D eigenvalue weighted by Gasteiger charge is 2.24. The molecular weight excluding hydrogens is 327 g/mol. The molecule has 0 aliphatic rings. The molecular formula is C15H20Cl2N2O3. The monoisotopic (exact) mass is 346 g/mol. The van der Waals surface area contributed by atoms with Gasteiger partial charge in [-0.2, -0.15) is 0 Å². The summed E-state index contributed by atoms with van der Waals surface area (Å²) in [6, 6.07) is 4.22. The summed E-state index contributed by atoms with van der Waals surface area (Å²) in [4.78, 5) is 24.4. The largest absolute Gasteiger partial charge is 0.443 e. The highest BCUT2D eigenvalue weighted by Crippen LogP contribution is 2.20. The maximum Gasteiger partial charge on any atom is 0.426 e. The highest BCUT2D eigenvalue weighted by atomic mass is 35.5. The van der Waals surface area contributed by atoms with Crippen LogP contribution in [0, 0.1) is 0 Å². The minimum atomic E-state index is -0.706. The van der Waals surface area contributed by atoms with Gasteiger partial charge in [-0.15, -0.1) is 0 Å². The molecule has 5 nitrogen and oxygen atoms in total. The molecule has 1 rings (SSSR count). The predicted molar refractivity (Wildman–Crippen MR) is 87.1 cm³/mol. The van der Waals surface area contributed by atoms with Crippen LogP contribution in [0.15, 0.2) is 18.2 Å². The number of hydrazine groups is 1. The fraction of sp³-hybridized carbons (Fsp3) is 0.467. The van der Waals surface area contributed by atoms with Crippen LogP contribution < -0.4 is 5.43 Å². The quantitative estimate of drug-likeness (QED) is 0.812. The Labute approximate surface area is 140 Å². The molecule has 0 unspecified atom stereocenters. The number of carbonyl (C=O) groups is 2. The van der Waals surface area contributed by atoms with Crippen molar-refractivity contribution in [1.29, 1.82) is 0 Å². The third-order valence-electron chi connectivity index (χ3n) is 2.46. The smallest absolute Gasteiger partial charge is 0.426 e. The predicted octanol–water partition coefficient (Wildman–Crippen LogP) is 4.28. The van der Waals surface area contributed by atoms with E-state index in [2.05, 4.69) is 5.43 Å². The molecule has 0 heterocycles. The summed E-state index contributed by atoms with van der Waals surface area (Å²) in [6.45, 7) is 8.75. The van der Waals surface area contributed by atoms with Crippen molar-refractivity contribution >= 4 is 35.2 Å². The average molecular weight is 347 g/mol. The van der Waals surface area contributed by atoms with Gasteiger partial charge in [-0.1, -0.05) is 23.2 Å². The van der Waals surface area contributed by atoms with E-state index in [1.165, 1.54) is 23.2 Å². The second kappa shape index (κ2) is 7.20. The Kier molecular flexibility index (Phi) is 6.08. The van der Waals surface area contributed by atoms with Crippen molar-refractivity contribution in [1.82, 2.24) is 10.4 Å². The fourth-order valence-electron chi connectivity index (χ4n) is 1.63. The van der Waals surface area contributed by atoms with Crippen molar-refractivity contribution in [3.63, 3.8) is 0 Å². The third kappa shape index (κ3) is 5.73. The normalized spacial score (nSPS) is 11.3. The summed E-state index contributed by atoms with van der Waals surface area (Å²) in [7, 11) is 0. The third-order valence-corrected chi connectivity index (χ3v) is 2.89. The van der Waals surface area contributed by atoms with Gasteiger partial charge in [-0.25, -0.2) is 15.2 Å². The summed E-state index contributed by atoms with van der Waals surface area (Å²) >= 11 is 11.8. The first-order valence-corrected chi connectivity index (χ1v) is 7.54. The lowest BCUT2D eigenvalue weighted by Gasteiger charge is -2.29. The molecule has 0 aliphatic heterocycles. The van der Waals surface area contributed by atoms with E-state index in [0.717, 1.165) is 0 Å². The zero-order valence-corrected chi connectivity index (χ0v) is 14.7. The van der Waals surface area contributed by atoms with Crippen molar-refractivity contribution in [2.24, 2.45) is 0 Å². The van der Waals surface area contributed by atoms with Gasteiger partial charge < -0.3 is 4.74 Å². The number of ether oxygens (including phenoxy) is 1. The van der Waals surface area contributed by atoms with E-state index in [1.807, 2.05) is 0 Å². The second-order valence-corrected chi connectivity index (χ2v) is 6.91. The van der Waals surface area contributed by atoms with Gasteiger partial charge in [-0.05, 0) is 52.8 Å². The van der Waals surface area contributed by atoms with Crippen LogP contribution in [-0.2, 0) is 4.74 Å². The number of nitrogens with one attached hydrogen (secondary N) is 1. The molecule has 22 heavy (non-hydrogen) atoms. The topological polar surface area (TPSA) is 58.6 Å². The number of benzene rings is 1. The molecule has 1 aromatic carbocycles. The maximum atomic E-state index is 12.5.